The normalized spacial score (nSPS) is 15.1. The SMILES string of the molecule is C=C(C)[C@@H](O)[C@H](CC/C=C(/C)C(=O)OCC)OC. The Labute approximate surface area is 109 Å². The Balaban J connectivity index is 4.26. The minimum Gasteiger partial charge on any atom is -0.463 e. The van der Waals surface area contributed by atoms with E-state index >= 15 is 0 Å². The van der Waals surface area contributed by atoms with Crippen molar-refractivity contribution in [1.82, 2.24) is 0 Å². The van der Waals surface area contributed by atoms with Gasteiger partial charge in [-0.2, -0.15) is 0 Å². The Kier molecular flexibility index (Phi) is 8.33. The summed E-state index contributed by atoms with van der Waals surface area (Å²) in [6.45, 7) is 9.32. The van der Waals surface area contributed by atoms with Gasteiger partial charge in [0.15, 0.2) is 0 Å². The maximum atomic E-state index is 11.3. The summed E-state index contributed by atoms with van der Waals surface area (Å²) in [6.07, 6.45) is 2.10. The van der Waals surface area contributed by atoms with Gasteiger partial charge in [-0.15, -0.1) is 0 Å². The Morgan fingerprint density at radius 3 is 2.50 bits per heavy atom. The first kappa shape index (κ1) is 16.9. The molecule has 18 heavy (non-hydrogen) atoms. The topological polar surface area (TPSA) is 55.8 Å². The molecular formula is C14H24O4. The first-order valence-corrected chi connectivity index (χ1v) is 6.14. The summed E-state index contributed by atoms with van der Waals surface area (Å²) < 4.78 is 10.1. The lowest BCUT2D eigenvalue weighted by atomic mass is 10.0. The van der Waals surface area contributed by atoms with E-state index in [1.807, 2.05) is 0 Å². The van der Waals surface area contributed by atoms with Crippen molar-refractivity contribution in [3.8, 4) is 0 Å². The molecule has 0 heterocycles. The number of aliphatic hydroxyl groups excluding tert-OH is 1. The van der Waals surface area contributed by atoms with Gasteiger partial charge in [0.1, 0.15) is 6.10 Å². The standard InChI is InChI=1S/C14H24O4/c1-6-18-14(16)11(4)8-7-9-12(17-5)13(15)10(2)3/h8,12-13,15H,2,6-7,9H2,1,3-5H3/b11-8-/t12-,13+/m0/s1. The Morgan fingerprint density at radius 1 is 1.44 bits per heavy atom. The van der Waals surface area contributed by atoms with Crippen LogP contribution in [0.15, 0.2) is 23.8 Å². The molecule has 0 aromatic carbocycles. The predicted octanol–water partition coefficient (Wildman–Crippen LogP) is 2.23. The Morgan fingerprint density at radius 2 is 2.06 bits per heavy atom. The zero-order chi connectivity index (χ0) is 14.1. The van der Waals surface area contributed by atoms with Crippen LogP contribution in [0.4, 0.5) is 0 Å². The van der Waals surface area contributed by atoms with Gasteiger partial charge in [0.05, 0.1) is 12.7 Å². The van der Waals surface area contributed by atoms with Crippen LogP contribution >= 0.6 is 0 Å². The molecule has 0 rings (SSSR count). The van der Waals surface area contributed by atoms with Gasteiger partial charge >= 0.3 is 5.97 Å². The van der Waals surface area contributed by atoms with Crippen molar-refractivity contribution in [1.29, 1.82) is 0 Å². The molecule has 104 valence electrons. The number of ether oxygens (including phenoxy) is 2. The van der Waals surface area contributed by atoms with Crippen LogP contribution in [-0.4, -0.2) is 37.0 Å². The highest BCUT2D eigenvalue weighted by Crippen LogP contribution is 2.13. The van der Waals surface area contributed by atoms with E-state index < -0.39 is 6.10 Å². The van der Waals surface area contributed by atoms with Gasteiger partial charge in [0.25, 0.3) is 0 Å². The lowest BCUT2D eigenvalue weighted by Crippen LogP contribution is -2.28. The van der Waals surface area contributed by atoms with Gasteiger partial charge < -0.3 is 14.6 Å². The van der Waals surface area contributed by atoms with Crippen LogP contribution in [0, 0.1) is 0 Å². The largest absolute Gasteiger partial charge is 0.463 e. The quantitative estimate of drug-likeness (QED) is 0.411. The maximum absolute atomic E-state index is 11.3. The summed E-state index contributed by atoms with van der Waals surface area (Å²) in [5.41, 5.74) is 1.25. The van der Waals surface area contributed by atoms with E-state index in [4.69, 9.17) is 9.47 Å². The number of rotatable bonds is 8. The second kappa shape index (κ2) is 8.89. The van der Waals surface area contributed by atoms with Crippen LogP contribution in [0.1, 0.15) is 33.6 Å². The summed E-state index contributed by atoms with van der Waals surface area (Å²) in [5.74, 6) is -0.299. The predicted molar refractivity (Wildman–Crippen MR) is 71.2 cm³/mol. The fraction of sp³-hybridized carbons (Fsp3) is 0.643. The summed E-state index contributed by atoms with van der Waals surface area (Å²) in [7, 11) is 1.55. The third-order valence-electron chi connectivity index (χ3n) is 2.66. The van der Waals surface area contributed by atoms with Gasteiger partial charge in [0, 0.05) is 12.7 Å². The van der Waals surface area contributed by atoms with Crippen LogP contribution in [0.25, 0.3) is 0 Å². The Hall–Kier alpha value is -1.13. The fourth-order valence-corrected chi connectivity index (χ4v) is 1.51. The minimum absolute atomic E-state index is 0.297. The van der Waals surface area contributed by atoms with Crippen LogP contribution in [-0.2, 0) is 14.3 Å². The summed E-state index contributed by atoms with van der Waals surface area (Å²) in [5, 5.41) is 9.81. The average molecular weight is 256 g/mol. The van der Waals surface area contributed by atoms with Crippen molar-refractivity contribution in [3.63, 3.8) is 0 Å². The highest BCUT2D eigenvalue weighted by molar-refractivity contribution is 5.87. The molecule has 0 saturated heterocycles. The molecular weight excluding hydrogens is 232 g/mol. The zero-order valence-electron chi connectivity index (χ0n) is 11.7. The molecule has 4 heteroatoms. The molecule has 0 fully saturated rings. The van der Waals surface area contributed by atoms with Crippen molar-refractivity contribution in [2.75, 3.05) is 13.7 Å². The van der Waals surface area contributed by atoms with Gasteiger partial charge in [-0.1, -0.05) is 12.7 Å². The number of carbonyl (C=O) groups is 1. The maximum Gasteiger partial charge on any atom is 0.333 e. The zero-order valence-corrected chi connectivity index (χ0v) is 11.7. The van der Waals surface area contributed by atoms with Crippen molar-refractivity contribution >= 4 is 5.97 Å². The molecule has 0 unspecified atom stereocenters. The van der Waals surface area contributed by atoms with E-state index in [1.54, 1.807) is 34.0 Å². The summed E-state index contributed by atoms with van der Waals surface area (Å²) in [6, 6.07) is 0. The van der Waals surface area contributed by atoms with Crippen LogP contribution in [0.5, 0.6) is 0 Å². The molecule has 0 aliphatic rings. The second-order valence-electron chi connectivity index (χ2n) is 4.25. The molecule has 0 bridgehead atoms. The van der Waals surface area contributed by atoms with E-state index in [9.17, 15) is 9.90 Å². The fourth-order valence-electron chi connectivity index (χ4n) is 1.51. The van der Waals surface area contributed by atoms with E-state index in [-0.39, 0.29) is 12.1 Å². The smallest absolute Gasteiger partial charge is 0.333 e. The molecule has 0 aromatic rings. The third kappa shape index (κ3) is 5.98. The Bertz CT molecular complexity index is 307. The lowest BCUT2D eigenvalue weighted by molar-refractivity contribution is -0.138. The first-order valence-electron chi connectivity index (χ1n) is 6.14. The van der Waals surface area contributed by atoms with E-state index in [2.05, 4.69) is 6.58 Å². The summed E-state index contributed by atoms with van der Waals surface area (Å²) >= 11 is 0. The van der Waals surface area contributed by atoms with Crippen molar-refractivity contribution < 1.29 is 19.4 Å². The van der Waals surface area contributed by atoms with Crippen LogP contribution < -0.4 is 0 Å². The molecule has 0 aliphatic carbocycles. The van der Waals surface area contributed by atoms with Crippen molar-refractivity contribution in [2.24, 2.45) is 0 Å². The number of aliphatic hydroxyl groups is 1. The van der Waals surface area contributed by atoms with E-state index in [1.165, 1.54) is 0 Å². The number of allylic oxidation sites excluding steroid dienone is 1. The lowest BCUT2D eigenvalue weighted by Gasteiger charge is -2.21. The van der Waals surface area contributed by atoms with Gasteiger partial charge in [-0.3, -0.25) is 0 Å². The molecule has 0 amide bonds. The molecule has 0 aromatic heterocycles. The van der Waals surface area contributed by atoms with Gasteiger partial charge in [-0.25, -0.2) is 4.79 Å². The highest BCUT2D eigenvalue weighted by Gasteiger charge is 2.18. The van der Waals surface area contributed by atoms with Crippen molar-refractivity contribution in [3.05, 3.63) is 23.8 Å². The van der Waals surface area contributed by atoms with Gasteiger partial charge in [-0.05, 0) is 39.2 Å². The molecule has 4 nitrogen and oxygen atoms in total. The highest BCUT2D eigenvalue weighted by atomic mass is 16.5. The number of hydrogen-bond acceptors (Lipinski definition) is 4. The number of methoxy groups -OCH3 is 1. The molecule has 1 N–H and O–H groups in total. The van der Waals surface area contributed by atoms with Gasteiger partial charge in [0.2, 0.25) is 0 Å². The minimum atomic E-state index is -0.675. The first-order chi connectivity index (χ1) is 8.43. The van der Waals surface area contributed by atoms with E-state index in [0.29, 0.717) is 30.6 Å². The third-order valence-corrected chi connectivity index (χ3v) is 2.66. The van der Waals surface area contributed by atoms with Crippen LogP contribution in [0.2, 0.25) is 0 Å². The van der Waals surface area contributed by atoms with Crippen LogP contribution in [0.3, 0.4) is 0 Å². The molecule has 0 saturated carbocycles. The molecule has 0 radical (unpaired) electrons. The second-order valence-corrected chi connectivity index (χ2v) is 4.25. The monoisotopic (exact) mass is 256 g/mol. The summed E-state index contributed by atoms with van der Waals surface area (Å²) in [4.78, 5) is 11.3. The number of esters is 1. The number of hydrogen-bond donors (Lipinski definition) is 1. The van der Waals surface area contributed by atoms with Crippen molar-refractivity contribution in [2.45, 2.75) is 45.8 Å². The number of carbonyl (C=O) groups excluding carboxylic acids is 1. The average Bonchev–Trinajstić information content (AvgIpc) is 2.33. The molecule has 0 spiro atoms. The molecule has 0 aliphatic heterocycles. The molecule has 2 atom stereocenters. The van der Waals surface area contributed by atoms with E-state index in [0.717, 1.165) is 0 Å².